The molecule has 0 amide bonds. The average molecular weight is 411 g/mol. The van der Waals surface area contributed by atoms with Gasteiger partial charge in [0.2, 0.25) is 0 Å². The Morgan fingerprint density at radius 1 is 1.40 bits per heavy atom. The molecule has 1 aromatic rings. The van der Waals surface area contributed by atoms with Gasteiger partial charge in [0.15, 0.2) is 5.96 Å². The predicted octanol–water partition coefficient (Wildman–Crippen LogP) is 2.85. The molecule has 0 unspecified atom stereocenters. The van der Waals surface area contributed by atoms with E-state index in [4.69, 9.17) is 4.74 Å². The van der Waals surface area contributed by atoms with E-state index in [9.17, 15) is 0 Å². The zero-order chi connectivity index (χ0) is 14.1. The van der Waals surface area contributed by atoms with Crippen LogP contribution in [0.15, 0.2) is 22.5 Å². The molecule has 0 fully saturated rings. The van der Waals surface area contributed by atoms with E-state index < -0.39 is 0 Å². The lowest BCUT2D eigenvalue weighted by molar-refractivity contribution is 0.152. The quantitative estimate of drug-likeness (QED) is 0.314. The van der Waals surface area contributed by atoms with Crippen LogP contribution in [0.4, 0.5) is 0 Å². The summed E-state index contributed by atoms with van der Waals surface area (Å²) in [5, 5.41) is 8.72. The van der Waals surface area contributed by atoms with Gasteiger partial charge in [-0.25, -0.2) is 0 Å². The van der Waals surface area contributed by atoms with Crippen molar-refractivity contribution in [2.24, 2.45) is 4.99 Å². The van der Waals surface area contributed by atoms with Crippen LogP contribution in [0.25, 0.3) is 0 Å². The molecule has 1 rings (SSSR count). The molecule has 116 valence electrons. The number of rotatable bonds is 7. The Hall–Kier alpha value is -0.340. The monoisotopic (exact) mass is 411 g/mol. The van der Waals surface area contributed by atoms with E-state index in [1.165, 1.54) is 4.88 Å². The molecule has 0 saturated carbocycles. The van der Waals surface area contributed by atoms with E-state index in [0.717, 1.165) is 25.7 Å². The number of aliphatic imine (C=N–C) groups is 1. The van der Waals surface area contributed by atoms with Crippen molar-refractivity contribution >= 4 is 41.3 Å². The van der Waals surface area contributed by atoms with Gasteiger partial charge >= 0.3 is 0 Å². The lowest BCUT2D eigenvalue weighted by atomic mass is 9.91. The van der Waals surface area contributed by atoms with Crippen molar-refractivity contribution in [2.75, 3.05) is 33.4 Å². The van der Waals surface area contributed by atoms with Gasteiger partial charge in [0.05, 0.1) is 6.61 Å². The van der Waals surface area contributed by atoms with Crippen LogP contribution in [0.3, 0.4) is 0 Å². The van der Waals surface area contributed by atoms with Crippen LogP contribution in [-0.4, -0.2) is 39.3 Å². The lowest BCUT2D eigenvalue weighted by Gasteiger charge is -2.25. The fourth-order valence-corrected chi connectivity index (χ4v) is 2.51. The lowest BCUT2D eigenvalue weighted by Crippen LogP contribution is -2.44. The first-order chi connectivity index (χ1) is 9.10. The van der Waals surface area contributed by atoms with Crippen LogP contribution in [0.5, 0.6) is 0 Å². The summed E-state index contributed by atoms with van der Waals surface area (Å²) >= 11 is 1.79. The van der Waals surface area contributed by atoms with Crippen LogP contribution in [0, 0.1) is 0 Å². The molecule has 0 radical (unpaired) electrons. The number of nitrogens with one attached hydrogen (secondary N) is 2. The standard InChI is InChI=1S/C14H25N3OS.HI/c1-5-18-9-8-16-13(15-4)17-11-14(2,3)12-7-6-10-19-12;/h6-7,10H,5,8-9,11H2,1-4H3,(H2,15,16,17);1H. The zero-order valence-corrected chi connectivity index (χ0v) is 15.9. The van der Waals surface area contributed by atoms with Gasteiger partial charge in [-0.2, -0.15) is 0 Å². The third-order valence-electron chi connectivity index (χ3n) is 2.85. The molecule has 6 heteroatoms. The summed E-state index contributed by atoms with van der Waals surface area (Å²) in [6.45, 7) is 9.54. The van der Waals surface area contributed by atoms with Gasteiger partial charge in [-0.1, -0.05) is 19.9 Å². The maximum atomic E-state index is 5.29. The maximum absolute atomic E-state index is 5.29. The summed E-state index contributed by atoms with van der Waals surface area (Å²) in [6, 6.07) is 4.27. The fraction of sp³-hybridized carbons (Fsp3) is 0.643. The summed E-state index contributed by atoms with van der Waals surface area (Å²) in [6.07, 6.45) is 0. The molecular formula is C14H26IN3OS. The third kappa shape index (κ3) is 6.90. The summed E-state index contributed by atoms with van der Waals surface area (Å²) in [5.41, 5.74) is 0.103. The summed E-state index contributed by atoms with van der Waals surface area (Å²) in [5.74, 6) is 0.823. The van der Waals surface area contributed by atoms with Gasteiger partial charge in [0.1, 0.15) is 0 Å². The van der Waals surface area contributed by atoms with E-state index in [0.29, 0.717) is 6.61 Å². The molecule has 1 aromatic heterocycles. The Balaban J connectivity index is 0.00000361. The molecule has 0 aliphatic rings. The Morgan fingerprint density at radius 2 is 2.15 bits per heavy atom. The molecular weight excluding hydrogens is 385 g/mol. The largest absolute Gasteiger partial charge is 0.380 e. The minimum atomic E-state index is 0. The Kier molecular flexibility index (Phi) is 10.2. The Labute approximate surface area is 143 Å². The SMILES string of the molecule is CCOCCNC(=NC)NCC(C)(C)c1cccs1.I. The van der Waals surface area contributed by atoms with Crippen molar-refractivity contribution in [3.05, 3.63) is 22.4 Å². The smallest absolute Gasteiger partial charge is 0.191 e. The number of guanidine groups is 1. The van der Waals surface area contributed by atoms with Crippen LogP contribution >= 0.6 is 35.3 Å². The molecule has 4 nitrogen and oxygen atoms in total. The molecule has 0 bridgehead atoms. The van der Waals surface area contributed by atoms with Gasteiger partial charge in [-0.05, 0) is 18.4 Å². The third-order valence-corrected chi connectivity index (χ3v) is 4.09. The minimum absolute atomic E-state index is 0. The first kappa shape index (κ1) is 19.7. The summed E-state index contributed by atoms with van der Waals surface area (Å²) < 4.78 is 5.29. The van der Waals surface area contributed by atoms with Crippen molar-refractivity contribution in [1.82, 2.24) is 10.6 Å². The number of ether oxygens (including phenoxy) is 1. The van der Waals surface area contributed by atoms with Gasteiger partial charge in [-0.3, -0.25) is 4.99 Å². The highest BCUT2D eigenvalue weighted by Gasteiger charge is 2.21. The van der Waals surface area contributed by atoms with E-state index >= 15 is 0 Å². The predicted molar refractivity (Wildman–Crippen MR) is 98.6 cm³/mol. The van der Waals surface area contributed by atoms with Crippen molar-refractivity contribution < 1.29 is 4.74 Å². The number of hydrogen-bond acceptors (Lipinski definition) is 3. The maximum Gasteiger partial charge on any atom is 0.191 e. The number of thiophene rings is 1. The van der Waals surface area contributed by atoms with Crippen molar-refractivity contribution in [3.8, 4) is 0 Å². The molecule has 0 atom stereocenters. The van der Waals surface area contributed by atoms with Crippen LogP contribution < -0.4 is 10.6 Å². The molecule has 20 heavy (non-hydrogen) atoms. The molecule has 0 spiro atoms. The van der Waals surface area contributed by atoms with E-state index in [1.807, 2.05) is 6.92 Å². The second kappa shape index (κ2) is 10.4. The Morgan fingerprint density at radius 3 is 2.70 bits per heavy atom. The highest BCUT2D eigenvalue weighted by atomic mass is 127. The van der Waals surface area contributed by atoms with Gasteiger partial charge < -0.3 is 15.4 Å². The normalized spacial score (nSPS) is 11.9. The van der Waals surface area contributed by atoms with Crippen molar-refractivity contribution in [2.45, 2.75) is 26.2 Å². The molecule has 2 N–H and O–H groups in total. The van der Waals surface area contributed by atoms with Gasteiger partial charge in [0, 0.05) is 37.0 Å². The van der Waals surface area contributed by atoms with Crippen molar-refractivity contribution in [3.63, 3.8) is 0 Å². The molecule has 0 aliphatic heterocycles. The summed E-state index contributed by atoms with van der Waals surface area (Å²) in [7, 11) is 1.79. The summed E-state index contributed by atoms with van der Waals surface area (Å²) in [4.78, 5) is 5.59. The molecule has 0 saturated heterocycles. The Bertz CT molecular complexity index is 380. The van der Waals surface area contributed by atoms with Crippen molar-refractivity contribution in [1.29, 1.82) is 0 Å². The second-order valence-corrected chi connectivity index (χ2v) is 5.86. The van der Waals surface area contributed by atoms with Crippen LogP contribution in [-0.2, 0) is 10.2 Å². The van der Waals surface area contributed by atoms with E-state index in [-0.39, 0.29) is 29.4 Å². The number of hydrogen-bond donors (Lipinski definition) is 2. The van der Waals surface area contributed by atoms with E-state index in [2.05, 4.69) is 47.0 Å². The number of nitrogens with zero attached hydrogens (tertiary/aromatic N) is 1. The van der Waals surface area contributed by atoms with Crippen LogP contribution in [0.1, 0.15) is 25.6 Å². The van der Waals surface area contributed by atoms with E-state index in [1.54, 1.807) is 18.4 Å². The molecule has 0 aromatic carbocycles. The number of halogens is 1. The zero-order valence-electron chi connectivity index (χ0n) is 12.7. The fourth-order valence-electron chi connectivity index (χ4n) is 1.66. The topological polar surface area (TPSA) is 45.6 Å². The first-order valence-corrected chi connectivity index (χ1v) is 7.54. The van der Waals surface area contributed by atoms with Crippen LogP contribution in [0.2, 0.25) is 0 Å². The highest BCUT2D eigenvalue weighted by Crippen LogP contribution is 2.26. The highest BCUT2D eigenvalue weighted by molar-refractivity contribution is 14.0. The molecule has 1 heterocycles. The van der Waals surface area contributed by atoms with Gasteiger partial charge in [-0.15, -0.1) is 35.3 Å². The van der Waals surface area contributed by atoms with Gasteiger partial charge in [0.25, 0.3) is 0 Å². The first-order valence-electron chi connectivity index (χ1n) is 6.66. The molecule has 0 aliphatic carbocycles. The minimum Gasteiger partial charge on any atom is -0.380 e. The average Bonchev–Trinajstić information content (AvgIpc) is 2.92. The second-order valence-electron chi connectivity index (χ2n) is 4.91.